The molecular weight excluding hydrogens is 184 g/mol. The van der Waals surface area contributed by atoms with Gasteiger partial charge in [0.1, 0.15) is 0 Å². The zero-order valence-corrected chi connectivity index (χ0v) is 8.67. The molecule has 1 aromatic heterocycles. The topological polar surface area (TPSA) is 25.8 Å². The number of hydrogen-bond acceptors (Lipinski definition) is 2. The smallest absolute Gasteiger partial charge is 0.222 e. The van der Waals surface area contributed by atoms with Crippen LogP contribution in [-0.2, 0) is 12.8 Å². The van der Waals surface area contributed by atoms with E-state index in [0.717, 1.165) is 24.5 Å². The fourth-order valence-electron chi connectivity index (χ4n) is 1.82. The van der Waals surface area contributed by atoms with Gasteiger partial charge in [-0.25, -0.2) is 9.97 Å². The molecule has 0 spiro atoms. The van der Waals surface area contributed by atoms with E-state index in [-0.39, 0.29) is 0 Å². The van der Waals surface area contributed by atoms with E-state index in [0.29, 0.717) is 11.2 Å². The summed E-state index contributed by atoms with van der Waals surface area (Å²) in [6.07, 6.45) is 4.00. The molecule has 0 N–H and O–H groups in total. The van der Waals surface area contributed by atoms with Gasteiger partial charge in [0.25, 0.3) is 0 Å². The van der Waals surface area contributed by atoms with Crippen molar-refractivity contribution in [2.75, 3.05) is 0 Å². The van der Waals surface area contributed by atoms with Gasteiger partial charge in [-0.05, 0) is 41.8 Å². The van der Waals surface area contributed by atoms with Crippen LogP contribution in [0.2, 0.25) is 5.28 Å². The molecule has 1 aromatic rings. The highest BCUT2D eigenvalue weighted by Crippen LogP contribution is 2.28. The summed E-state index contributed by atoms with van der Waals surface area (Å²) in [5.41, 5.74) is 2.42. The number of nitrogens with zero attached hydrogens (tertiary/aromatic N) is 2. The molecule has 0 aromatic carbocycles. The molecule has 1 aliphatic carbocycles. The van der Waals surface area contributed by atoms with Crippen molar-refractivity contribution in [3.8, 4) is 0 Å². The second-order valence-electron chi connectivity index (χ2n) is 3.97. The summed E-state index contributed by atoms with van der Waals surface area (Å²) in [5.74, 6) is 1.44. The van der Waals surface area contributed by atoms with E-state index >= 15 is 0 Å². The Morgan fingerprint density at radius 1 is 1.31 bits per heavy atom. The molecule has 1 heterocycles. The molecule has 3 heteroatoms. The number of halogens is 1. The van der Waals surface area contributed by atoms with Crippen molar-refractivity contribution < 1.29 is 0 Å². The van der Waals surface area contributed by atoms with Gasteiger partial charge in [-0.3, -0.25) is 0 Å². The van der Waals surface area contributed by atoms with Crippen LogP contribution in [0.1, 0.15) is 25.1 Å². The molecule has 0 saturated heterocycles. The van der Waals surface area contributed by atoms with Crippen LogP contribution in [-0.4, -0.2) is 9.97 Å². The summed E-state index contributed by atoms with van der Waals surface area (Å²) in [5, 5.41) is 0.375. The van der Waals surface area contributed by atoms with Gasteiger partial charge in [0.15, 0.2) is 0 Å². The average molecular weight is 197 g/mol. The SMILES string of the molecule is CC1Cc2cnc(Cl)nc2CC1C. The van der Waals surface area contributed by atoms with Gasteiger partial charge in [-0.1, -0.05) is 13.8 Å². The Balaban J connectivity index is 2.37. The summed E-state index contributed by atoms with van der Waals surface area (Å²) in [6.45, 7) is 4.55. The second kappa shape index (κ2) is 3.26. The van der Waals surface area contributed by atoms with Crippen LogP contribution in [0.5, 0.6) is 0 Å². The quantitative estimate of drug-likeness (QED) is 0.596. The van der Waals surface area contributed by atoms with E-state index in [1.807, 2.05) is 6.20 Å². The maximum atomic E-state index is 5.74. The van der Waals surface area contributed by atoms with Crippen molar-refractivity contribution >= 4 is 11.6 Å². The molecule has 2 atom stereocenters. The fourth-order valence-corrected chi connectivity index (χ4v) is 1.97. The Morgan fingerprint density at radius 2 is 2.00 bits per heavy atom. The molecule has 0 amide bonds. The van der Waals surface area contributed by atoms with Crippen molar-refractivity contribution in [1.29, 1.82) is 0 Å². The molecule has 0 saturated carbocycles. The Bertz CT molecular complexity index is 325. The van der Waals surface area contributed by atoms with Crippen molar-refractivity contribution in [1.82, 2.24) is 9.97 Å². The zero-order valence-electron chi connectivity index (χ0n) is 7.92. The number of hydrogen-bond donors (Lipinski definition) is 0. The van der Waals surface area contributed by atoms with Gasteiger partial charge < -0.3 is 0 Å². The largest absolute Gasteiger partial charge is 0.226 e. The maximum absolute atomic E-state index is 5.74. The fraction of sp³-hybridized carbons (Fsp3) is 0.600. The normalized spacial score (nSPS) is 27.0. The molecule has 13 heavy (non-hydrogen) atoms. The monoisotopic (exact) mass is 196 g/mol. The Kier molecular flexibility index (Phi) is 2.24. The van der Waals surface area contributed by atoms with Crippen LogP contribution in [0.25, 0.3) is 0 Å². The Labute approximate surface area is 83.4 Å². The molecule has 2 nitrogen and oxygen atoms in total. The molecule has 0 radical (unpaired) electrons. The summed E-state index contributed by atoms with van der Waals surface area (Å²) in [4.78, 5) is 8.26. The highest BCUT2D eigenvalue weighted by atomic mass is 35.5. The average Bonchev–Trinajstić information content (AvgIpc) is 2.08. The molecule has 2 rings (SSSR count). The molecule has 0 fully saturated rings. The third-order valence-electron chi connectivity index (χ3n) is 2.95. The van der Waals surface area contributed by atoms with Crippen LogP contribution in [0.15, 0.2) is 6.20 Å². The predicted octanol–water partition coefficient (Wildman–Crippen LogP) is 2.50. The summed E-state index contributed by atoms with van der Waals surface area (Å²) < 4.78 is 0. The van der Waals surface area contributed by atoms with Crippen LogP contribution >= 0.6 is 11.6 Å². The Morgan fingerprint density at radius 3 is 2.77 bits per heavy atom. The van der Waals surface area contributed by atoms with Gasteiger partial charge >= 0.3 is 0 Å². The van der Waals surface area contributed by atoms with Gasteiger partial charge in [-0.15, -0.1) is 0 Å². The van der Waals surface area contributed by atoms with Crippen molar-refractivity contribution in [3.05, 3.63) is 22.7 Å². The van der Waals surface area contributed by atoms with E-state index in [1.54, 1.807) is 0 Å². The standard InChI is InChI=1S/C10H13ClN2/c1-6-3-8-5-12-10(11)13-9(8)4-7(6)2/h5-7H,3-4H2,1-2H3. The van der Waals surface area contributed by atoms with E-state index in [4.69, 9.17) is 11.6 Å². The number of fused-ring (bicyclic) bond motifs is 1. The van der Waals surface area contributed by atoms with E-state index in [9.17, 15) is 0 Å². The number of aromatic nitrogens is 2. The second-order valence-corrected chi connectivity index (χ2v) is 4.31. The highest BCUT2D eigenvalue weighted by molar-refractivity contribution is 6.28. The first-order valence-corrected chi connectivity index (χ1v) is 5.05. The first kappa shape index (κ1) is 8.95. The van der Waals surface area contributed by atoms with Crippen LogP contribution in [0, 0.1) is 11.8 Å². The van der Waals surface area contributed by atoms with Gasteiger partial charge in [0, 0.05) is 11.9 Å². The molecular formula is C10H13ClN2. The van der Waals surface area contributed by atoms with Crippen molar-refractivity contribution in [3.63, 3.8) is 0 Å². The maximum Gasteiger partial charge on any atom is 0.222 e. The van der Waals surface area contributed by atoms with Gasteiger partial charge in [-0.2, -0.15) is 0 Å². The molecule has 1 aliphatic rings. The first-order chi connectivity index (χ1) is 6.16. The molecule has 2 unspecified atom stereocenters. The van der Waals surface area contributed by atoms with Crippen LogP contribution < -0.4 is 0 Å². The summed E-state index contributed by atoms with van der Waals surface area (Å²) in [7, 11) is 0. The van der Waals surface area contributed by atoms with Gasteiger partial charge in [0.05, 0.1) is 0 Å². The highest BCUT2D eigenvalue weighted by Gasteiger charge is 2.23. The lowest BCUT2D eigenvalue weighted by Gasteiger charge is -2.26. The molecule has 0 bridgehead atoms. The lowest BCUT2D eigenvalue weighted by molar-refractivity contribution is 0.355. The minimum absolute atomic E-state index is 0.375. The molecule has 0 aliphatic heterocycles. The number of rotatable bonds is 0. The summed E-state index contributed by atoms with van der Waals surface area (Å²) in [6, 6.07) is 0. The van der Waals surface area contributed by atoms with E-state index in [1.165, 1.54) is 5.56 Å². The molecule has 70 valence electrons. The van der Waals surface area contributed by atoms with Crippen molar-refractivity contribution in [2.45, 2.75) is 26.7 Å². The Hall–Kier alpha value is -0.630. The van der Waals surface area contributed by atoms with Crippen LogP contribution in [0.3, 0.4) is 0 Å². The van der Waals surface area contributed by atoms with Gasteiger partial charge in [0.2, 0.25) is 5.28 Å². The zero-order chi connectivity index (χ0) is 9.42. The van der Waals surface area contributed by atoms with E-state index < -0.39 is 0 Å². The van der Waals surface area contributed by atoms with Crippen molar-refractivity contribution in [2.24, 2.45) is 11.8 Å². The minimum atomic E-state index is 0.375. The third-order valence-corrected chi connectivity index (χ3v) is 3.14. The summed E-state index contributed by atoms with van der Waals surface area (Å²) >= 11 is 5.74. The first-order valence-electron chi connectivity index (χ1n) is 4.67. The third kappa shape index (κ3) is 1.68. The van der Waals surface area contributed by atoms with E-state index in [2.05, 4.69) is 23.8 Å². The minimum Gasteiger partial charge on any atom is -0.226 e. The lowest BCUT2D eigenvalue weighted by Crippen LogP contribution is -2.22. The predicted molar refractivity (Wildman–Crippen MR) is 52.8 cm³/mol. The lowest BCUT2D eigenvalue weighted by atomic mass is 9.80. The van der Waals surface area contributed by atoms with Crippen LogP contribution in [0.4, 0.5) is 0 Å².